The van der Waals surface area contributed by atoms with E-state index in [2.05, 4.69) is 47.6 Å². The Kier molecular flexibility index (Phi) is 5.40. The van der Waals surface area contributed by atoms with Crippen LogP contribution >= 0.6 is 11.9 Å². The molecule has 0 fully saturated rings. The van der Waals surface area contributed by atoms with Crippen molar-refractivity contribution in [3.05, 3.63) is 60.8 Å². The Hall–Kier alpha value is -3.03. The Morgan fingerprint density at radius 3 is 2.50 bits per heavy atom. The van der Waals surface area contributed by atoms with Crippen LogP contribution in [0.1, 0.15) is 20.8 Å². The number of nitrogens with one attached hydrogen (secondary N) is 1. The van der Waals surface area contributed by atoms with Crippen LogP contribution in [-0.2, 0) is 0 Å². The smallest absolute Gasteiger partial charge is 0.228 e. The van der Waals surface area contributed by atoms with Gasteiger partial charge >= 0.3 is 0 Å². The summed E-state index contributed by atoms with van der Waals surface area (Å²) in [6.45, 7) is 6.35. The third-order valence-electron chi connectivity index (χ3n) is 4.51. The second-order valence-electron chi connectivity index (χ2n) is 8.03. The van der Waals surface area contributed by atoms with Crippen LogP contribution in [0.5, 0.6) is 5.88 Å². The van der Waals surface area contributed by atoms with Gasteiger partial charge < -0.3 is 10.5 Å². The third-order valence-corrected chi connectivity index (χ3v) is 5.73. The minimum Gasteiger partial charge on any atom is -0.480 e. The normalized spacial score (nSPS) is 11.7. The van der Waals surface area contributed by atoms with Crippen molar-refractivity contribution in [2.24, 2.45) is 0 Å². The van der Waals surface area contributed by atoms with E-state index in [0.717, 1.165) is 32.7 Å². The molecule has 6 nitrogen and oxygen atoms in total. The molecule has 0 atom stereocenters. The number of imidazole rings is 1. The summed E-state index contributed by atoms with van der Waals surface area (Å²) in [4.78, 5) is 9.96. The molecule has 3 N–H and O–H groups in total. The highest BCUT2D eigenvalue weighted by Crippen LogP contribution is 2.33. The number of hydrogen-bond acceptors (Lipinski definition) is 6. The standard InChI is InChI=1S/C23H25N5OS/c1-23(2,3)27-30-20-13-16(14-25-21(20)29-4)15-10-11-18-19(12-15)28(22(24)26-18)17-8-6-5-7-9-17/h5-14,27H,1-4H3,(H2,24,26). The highest BCUT2D eigenvalue weighted by Gasteiger charge is 2.15. The van der Waals surface area contributed by atoms with E-state index in [-0.39, 0.29) is 5.54 Å². The van der Waals surface area contributed by atoms with Crippen molar-refractivity contribution >= 4 is 28.9 Å². The van der Waals surface area contributed by atoms with Crippen LogP contribution in [0.15, 0.2) is 65.7 Å². The van der Waals surface area contributed by atoms with E-state index in [9.17, 15) is 0 Å². The van der Waals surface area contributed by atoms with Gasteiger partial charge in [-0.1, -0.05) is 24.3 Å². The van der Waals surface area contributed by atoms with Crippen LogP contribution in [0.2, 0.25) is 0 Å². The zero-order valence-electron chi connectivity index (χ0n) is 17.5. The number of pyridine rings is 1. The Morgan fingerprint density at radius 2 is 1.80 bits per heavy atom. The Balaban J connectivity index is 1.78. The molecule has 4 rings (SSSR count). The molecule has 2 aromatic carbocycles. The lowest BCUT2D eigenvalue weighted by atomic mass is 10.1. The highest BCUT2D eigenvalue weighted by molar-refractivity contribution is 7.97. The van der Waals surface area contributed by atoms with Crippen LogP contribution in [0, 0.1) is 0 Å². The van der Waals surface area contributed by atoms with Gasteiger partial charge in [-0.2, -0.15) is 0 Å². The summed E-state index contributed by atoms with van der Waals surface area (Å²) in [6.07, 6.45) is 1.83. The second kappa shape index (κ2) is 8.01. The number of anilines is 1. The topological polar surface area (TPSA) is 78.0 Å². The number of hydrogen-bond donors (Lipinski definition) is 2. The first-order chi connectivity index (χ1) is 14.4. The minimum atomic E-state index is -0.0374. The summed E-state index contributed by atoms with van der Waals surface area (Å²) < 4.78 is 10.8. The Morgan fingerprint density at radius 1 is 1.03 bits per heavy atom. The number of fused-ring (bicyclic) bond motifs is 1. The van der Waals surface area contributed by atoms with E-state index in [1.165, 1.54) is 11.9 Å². The number of benzene rings is 2. The maximum atomic E-state index is 6.23. The molecule has 0 aliphatic carbocycles. The minimum absolute atomic E-state index is 0.0374. The maximum Gasteiger partial charge on any atom is 0.228 e. The van der Waals surface area contributed by atoms with Crippen LogP contribution in [0.4, 0.5) is 5.95 Å². The van der Waals surface area contributed by atoms with Crippen molar-refractivity contribution in [1.29, 1.82) is 0 Å². The fourth-order valence-electron chi connectivity index (χ4n) is 3.15. The average molecular weight is 420 g/mol. The molecule has 0 aliphatic rings. The first-order valence-electron chi connectivity index (χ1n) is 9.67. The predicted molar refractivity (Wildman–Crippen MR) is 124 cm³/mol. The van der Waals surface area contributed by atoms with Crippen LogP contribution in [0.3, 0.4) is 0 Å². The zero-order valence-corrected chi connectivity index (χ0v) is 18.3. The molecule has 0 spiro atoms. The lowest BCUT2D eigenvalue weighted by molar-refractivity contribution is 0.387. The molecule has 0 saturated carbocycles. The summed E-state index contributed by atoms with van der Waals surface area (Å²) >= 11 is 1.52. The number of nitrogen functional groups attached to an aromatic ring is 1. The largest absolute Gasteiger partial charge is 0.480 e. The Labute approximate surface area is 180 Å². The molecule has 30 heavy (non-hydrogen) atoms. The van der Waals surface area contributed by atoms with Crippen molar-refractivity contribution in [1.82, 2.24) is 19.3 Å². The van der Waals surface area contributed by atoms with Gasteiger partial charge in [0.2, 0.25) is 11.8 Å². The number of nitrogens with two attached hydrogens (primary N) is 1. The predicted octanol–water partition coefficient (Wildman–Crippen LogP) is 5.07. The van der Waals surface area contributed by atoms with Gasteiger partial charge in [-0.25, -0.2) is 9.97 Å². The van der Waals surface area contributed by atoms with Crippen molar-refractivity contribution < 1.29 is 4.74 Å². The number of rotatable bonds is 5. The van der Waals surface area contributed by atoms with Gasteiger partial charge in [0.1, 0.15) is 0 Å². The van der Waals surface area contributed by atoms with Crippen molar-refractivity contribution in [2.75, 3.05) is 12.8 Å². The lowest BCUT2D eigenvalue weighted by Crippen LogP contribution is -2.29. The Bertz CT molecular complexity index is 1180. The average Bonchev–Trinajstić information content (AvgIpc) is 3.07. The molecule has 2 aromatic heterocycles. The first-order valence-corrected chi connectivity index (χ1v) is 10.5. The lowest BCUT2D eigenvalue weighted by Gasteiger charge is -2.20. The van der Waals surface area contributed by atoms with E-state index in [1.807, 2.05) is 53.2 Å². The molecule has 2 heterocycles. The molecular weight excluding hydrogens is 394 g/mol. The number of nitrogens with zero attached hydrogens (tertiary/aromatic N) is 3. The van der Waals surface area contributed by atoms with Gasteiger partial charge in [0.25, 0.3) is 0 Å². The third kappa shape index (κ3) is 4.13. The van der Waals surface area contributed by atoms with Crippen molar-refractivity contribution in [3.63, 3.8) is 0 Å². The van der Waals surface area contributed by atoms with Crippen LogP contribution in [0.25, 0.3) is 27.8 Å². The van der Waals surface area contributed by atoms with Crippen molar-refractivity contribution in [2.45, 2.75) is 31.2 Å². The molecule has 0 unspecified atom stereocenters. The van der Waals surface area contributed by atoms with E-state index in [4.69, 9.17) is 10.5 Å². The number of para-hydroxylation sites is 1. The summed E-state index contributed by atoms with van der Waals surface area (Å²) in [5, 5.41) is 0. The van der Waals surface area contributed by atoms with E-state index < -0.39 is 0 Å². The summed E-state index contributed by atoms with van der Waals surface area (Å²) in [6, 6.07) is 18.2. The van der Waals surface area contributed by atoms with E-state index >= 15 is 0 Å². The molecule has 7 heteroatoms. The SMILES string of the molecule is COc1ncc(-c2ccc3nc(N)n(-c4ccccc4)c3c2)cc1SNC(C)(C)C. The van der Waals surface area contributed by atoms with Crippen molar-refractivity contribution in [3.8, 4) is 22.7 Å². The quantitative estimate of drug-likeness (QED) is 0.440. The van der Waals surface area contributed by atoms with Gasteiger partial charge in [-0.05, 0) is 68.6 Å². The molecule has 0 amide bonds. The van der Waals surface area contributed by atoms with Gasteiger partial charge in [-0.15, -0.1) is 0 Å². The number of aromatic nitrogens is 3. The number of ether oxygens (including phenoxy) is 1. The molecule has 4 aromatic rings. The van der Waals surface area contributed by atoms with E-state index in [0.29, 0.717) is 11.8 Å². The fourth-order valence-corrected chi connectivity index (χ4v) is 3.97. The monoisotopic (exact) mass is 419 g/mol. The van der Waals surface area contributed by atoms with Crippen LogP contribution < -0.4 is 15.2 Å². The highest BCUT2D eigenvalue weighted by atomic mass is 32.2. The maximum absolute atomic E-state index is 6.23. The fraction of sp³-hybridized carbons (Fsp3) is 0.217. The molecule has 0 saturated heterocycles. The summed E-state index contributed by atoms with van der Waals surface area (Å²) in [5.74, 6) is 1.06. The molecule has 0 bridgehead atoms. The molecular formula is C23H25N5OS. The van der Waals surface area contributed by atoms with Gasteiger partial charge in [0, 0.05) is 23.0 Å². The summed E-state index contributed by atoms with van der Waals surface area (Å²) in [7, 11) is 1.64. The van der Waals surface area contributed by atoms with E-state index in [1.54, 1.807) is 7.11 Å². The molecule has 0 aliphatic heterocycles. The molecule has 154 valence electrons. The summed E-state index contributed by atoms with van der Waals surface area (Å²) in [5.41, 5.74) is 11.0. The zero-order chi connectivity index (χ0) is 21.3. The van der Waals surface area contributed by atoms with Crippen LogP contribution in [-0.4, -0.2) is 27.2 Å². The number of methoxy groups -OCH3 is 1. The second-order valence-corrected chi connectivity index (χ2v) is 8.88. The van der Waals surface area contributed by atoms with Gasteiger partial charge in [0.15, 0.2) is 0 Å². The molecule has 0 radical (unpaired) electrons. The van der Waals surface area contributed by atoms with Gasteiger partial charge in [0.05, 0.1) is 23.0 Å². The van der Waals surface area contributed by atoms with Gasteiger partial charge in [-0.3, -0.25) is 9.29 Å². The first kappa shape index (κ1) is 20.3.